The molecule has 1 aliphatic heterocycles. The minimum Gasteiger partial charge on any atom is -0.498 e. The minimum atomic E-state index is -0.879. The summed E-state index contributed by atoms with van der Waals surface area (Å²) in [5.41, 5.74) is 7.94. The van der Waals surface area contributed by atoms with Gasteiger partial charge in [-0.15, -0.1) is 24.2 Å². The van der Waals surface area contributed by atoms with Gasteiger partial charge in [-0.2, -0.15) is 0 Å². The number of amides is 1. The van der Waals surface area contributed by atoms with Crippen LogP contribution in [0, 0.1) is 5.41 Å². The number of thioether (sulfide) groups is 1. The number of nitrogens with two attached hydrogens (primary N) is 1. The molecule has 0 spiro atoms. The highest BCUT2D eigenvalue weighted by atomic mass is 35.5. The molecule has 0 bridgehead atoms. The highest BCUT2D eigenvalue weighted by Crippen LogP contribution is 2.33. The first kappa shape index (κ1) is 22.3. The largest absolute Gasteiger partial charge is 0.498 e. The van der Waals surface area contributed by atoms with E-state index in [2.05, 4.69) is 0 Å². The molecule has 0 atom stereocenters. The number of rotatable bonds is 7. The molecule has 0 aromatic heterocycles. The van der Waals surface area contributed by atoms with Crippen LogP contribution in [0.2, 0.25) is 0 Å². The van der Waals surface area contributed by atoms with Crippen LogP contribution in [0.1, 0.15) is 11.1 Å². The quantitative estimate of drug-likeness (QED) is 0.351. The second kappa shape index (κ2) is 9.49. The molecule has 0 aliphatic carbocycles. The molecule has 7 nitrogen and oxygen atoms in total. The zero-order valence-corrected chi connectivity index (χ0v) is 17.2. The van der Waals surface area contributed by atoms with E-state index in [-0.39, 0.29) is 29.9 Å². The van der Waals surface area contributed by atoms with Crippen LogP contribution < -0.4 is 10.6 Å². The van der Waals surface area contributed by atoms with Crippen molar-refractivity contribution in [1.82, 2.24) is 0 Å². The van der Waals surface area contributed by atoms with Gasteiger partial charge in [-0.05, 0) is 42.0 Å². The van der Waals surface area contributed by atoms with Crippen molar-refractivity contribution in [1.29, 1.82) is 5.41 Å². The van der Waals surface area contributed by atoms with Gasteiger partial charge in [0, 0.05) is 16.1 Å². The van der Waals surface area contributed by atoms with Gasteiger partial charge in [-0.25, -0.2) is 0 Å². The third-order valence-corrected chi connectivity index (χ3v) is 5.28. The highest BCUT2D eigenvalue weighted by molar-refractivity contribution is 8.00. The first-order chi connectivity index (χ1) is 13.4. The summed E-state index contributed by atoms with van der Waals surface area (Å²) in [6.07, 6.45) is 0. The molecule has 1 aliphatic rings. The number of halogens is 1. The lowest BCUT2D eigenvalue weighted by atomic mass is 10.1. The maximum Gasteiger partial charge on any atom is 0.313 e. The number of hydrogen-bond donors (Lipinski definition) is 3. The molecule has 9 heteroatoms. The second-order valence-corrected chi connectivity index (χ2v) is 7.11. The number of carbonyl (C=O) groups is 2. The SMILES string of the molecule is COC1=C(c2ccc(SCC(=O)O)cc2)C(=O)N(c2ccc(C(=N)N)cc2)C1.Cl. The molecule has 2 aromatic rings. The Hall–Kier alpha value is -2.97. The summed E-state index contributed by atoms with van der Waals surface area (Å²) in [7, 11) is 1.53. The molecule has 0 saturated heterocycles. The van der Waals surface area contributed by atoms with Gasteiger partial charge in [0.25, 0.3) is 5.91 Å². The standard InChI is InChI=1S/C20H19N3O4S.ClH/c1-27-16-10-23(14-6-2-13(3-7-14)19(21)22)20(26)18(16)12-4-8-15(9-5-12)28-11-17(24)25;/h2-9H,10-11H2,1H3,(H3,21,22)(H,24,25);1H. The Morgan fingerprint density at radius 2 is 1.83 bits per heavy atom. The molecular formula is C20H20ClN3O4S. The lowest BCUT2D eigenvalue weighted by Gasteiger charge is -2.17. The zero-order chi connectivity index (χ0) is 20.3. The molecule has 4 N–H and O–H groups in total. The van der Waals surface area contributed by atoms with Gasteiger partial charge in [0.05, 0.1) is 25.0 Å². The number of nitrogen functional groups attached to an aromatic ring is 1. The summed E-state index contributed by atoms with van der Waals surface area (Å²) in [5, 5.41) is 16.2. The fourth-order valence-electron chi connectivity index (χ4n) is 2.89. The normalized spacial score (nSPS) is 13.3. The Kier molecular flexibility index (Phi) is 7.30. The van der Waals surface area contributed by atoms with E-state index in [1.807, 2.05) is 0 Å². The van der Waals surface area contributed by atoms with Gasteiger partial charge >= 0.3 is 5.97 Å². The Morgan fingerprint density at radius 3 is 2.34 bits per heavy atom. The molecule has 0 saturated carbocycles. The summed E-state index contributed by atoms with van der Waals surface area (Å²) in [4.78, 5) is 26.1. The van der Waals surface area contributed by atoms with E-state index in [9.17, 15) is 9.59 Å². The van der Waals surface area contributed by atoms with Crippen molar-refractivity contribution >= 4 is 53.1 Å². The van der Waals surface area contributed by atoms with Crippen LogP contribution >= 0.6 is 24.2 Å². The molecule has 152 valence electrons. The van der Waals surface area contributed by atoms with Gasteiger partial charge in [-0.1, -0.05) is 12.1 Å². The van der Waals surface area contributed by atoms with Crippen molar-refractivity contribution < 1.29 is 19.4 Å². The number of amidine groups is 1. The van der Waals surface area contributed by atoms with Crippen LogP contribution in [0.15, 0.2) is 59.2 Å². The summed E-state index contributed by atoms with van der Waals surface area (Å²) < 4.78 is 5.45. The first-order valence-electron chi connectivity index (χ1n) is 8.39. The Labute approximate surface area is 178 Å². The van der Waals surface area contributed by atoms with Crippen LogP contribution in [0.5, 0.6) is 0 Å². The fourth-order valence-corrected chi connectivity index (χ4v) is 3.51. The van der Waals surface area contributed by atoms with Gasteiger partial charge in [0.1, 0.15) is 11.6 Å². The molecule has 0 unspecified atom stereocenters. The maximum atomic E-state index is 13.0. The number of ether oxygens (including phenoxy) is 1. The minimum absolute atomic E-state index is 0. The average Bonchev–Trinajstić information content (AvgIpc) is 3.03. The van der Waals surface area contributed by atoms with Crippen LogP contribution in [0.25, 0.3) is 5.57 Å². The Morgan fingerprint density at radius 1 is 1.21 bits per heavy atom. The van der Waals surface area contributed by atoms with Crippen molar-refractivity contribution in [3.63, 3.8) is 0 Å². The number of hydrogen-bond acceptors (Lipinski definition) is 5. The Bertz CT molecular complexity index is 959. The number of benzene rings is 2. The summed E-state index contributed by atoms with van der Waals surface area (Å²) in [6.45, 7) is 0.305. The summed E-state index contributed by atoms with van der Waals surface area (Å²) in [6, 6.07) is 14.1. The van der Waals surface area contributed by atoms with Crippen molar-refractivity contribution in [2.24, 2.45) is 5.73 Å². The maximum absolute atomic E-state index is 13.0. The lowest BCUT2D eigenvalue weighted by molar-refractivity contribution is -0.133. The van der Waals surface area contributed by atoms with Crippen LogP contribution in [-0.4, -0.2) is 42.2 Å². The molecule has 2 aromatic carbocycles. The number of carboxylic acid groups (broad SMARTS) is 1. The smallest absolute Gasteiger partial charge is 0.313 e. The zero-order valence-electron chi connectivity index (χ0n) is 15.5. The predicted octanol–water partition coefficient (Wildman–Crippen LogP) is 2.97. The number of nitrogens with one attached hydrogen (secondary N) is 1. The number of carbonyl (C=O) groups excluding carboxylic acids is 1. The fraction of sp³-hybridized carbons (Fsp3) is 0.150. The molecule has 0 radical (unpaired) electrons. The van der Waals surface area contributed by atoms with Gasteiger partial charge in [-0.3, -0.25) is 15.0 Å². The molecule has 1 heterocycles. The molecule has 29 heavy (non-hydrogen) atoms. The highest BCUT2D eigenvalue weighted by Gasteiger charge is 2.33. The van der Waals surface area contributed by atoms with Gasteiger partial charge in [0.2, 0.25) is 0 Å². The number of aliphatic carboxylic acids is 1. The number of methoxy groups -OCH3 is 1. The molecule has 3 rings (SSSR count). The molecule has 1 amide bonds. The Balaban J connectivity index is 0.00000300. The third-order valence-electron chi connectivity index (χ3n) is 4.28. The van der Waals surface area contributed by atoms with E-state index >= 15 is 0 Å². The van der Waals surface area contributed by atoms with Crippen molar-refractivity contribution in [2.75, 3.05) is 24.3 Å². The van der Waals surface area contributed by atoms with E-state index in [0.29, 0.717) is 34.7 Å². The van der Waals surface area contributed by atoms with E-state index in [1.54, 1.807) is 53.4 Å². The van der Waals surface area contributed by atoms with Crippen molar-refractivity contribution in [3.8, 4) is 0 Å². The lowest BCUT2D eigenvalue weighted by Crippen LogP contribution is -2.26. The first-order valence-corrected chi connectivity index (χ1v) is 9.37. The predicted molar refractivity (Wildman–Crippen MR) is 116 cm³/mol. The average molecular weight is 434 g/mol. The summed E-state index contributed by atoms with van der Waals surface area (Å²) in [5.74, 6) is -0.550. The van der Waals surface area contributed by atoms with Crippen molar-refractivity contribution in [2.45, 2.75) is 4.90 Å². The van der Waals surface area contributed by atoms with E-state index in [1.165, 1.54) is 18.9 Å². The number of anilines is 1. The number of carboxylic acids is 1. The number of nitrogens with zero attached hydrogens (tertiary/aromatic N) is 1. The van der Waals surface area contributed by atoms with Crippen molar-refractivity contribution in [3.05, 3.63) is 65.4 Å². The van der Waals surface area contributed by atoms with Crippen LogP contribution in [0.3, 0.4) is 0 Å². The van der Waals surface area contributed by atoms with E-state index < -0.39 is 5.97 Å². The topological polar surface area (TPSA) is 117 Å². The monoisotopic (exact) mass is 433 g/mol. The van der Waals surface area contributed by atoms with E-state index in [4.69, 9.17) is 21.0 Å². The third kappa shape index (κ3) is 4.90. The molecular weight excluding hydrogens is 414 g/mol. The molecule has 0 fully saturated rings. The van der Waals surface area contributed by atoms with Crippen LogP contribution in [0.4, 0.5) is 5.69 Å². The van der Waals surface area contributed by atoms with Crippen LogP contribution in [-0.2, 0) is 14.3 Å². The summed E-state index contributed by atoms with van der Waals surface area (Å²) >= 11 is 1.22. The van der Waals surface area contributed by atoms with Gasteiger partial charge in [0.15, 0.2) is 0 Å². The van der Waals surface area contributed by atoms with E-state index in [0.717, 1.165) is 4.90 Å². The van der Waals surface area contributed by atoms with Gasteiger partial charge < -0.3 is 20.5 Å². The second-order valence-electron chi connectivity index (χ2n) is 6.06.